The number of hydrogen-bond donors (Lipinski definition) is 1. The summed E-state index contributed by atoms with van der Waals surface area (Å²) in [6.07, 6.45) is 7.63. The SMILES string of the molecule is CC(C)C[C@@H](C(=O)N[C@@H](Cc1ccc(OCc2ccccc2)cc1)C(=O)N1CCN(C)CC1)N(C)CC1CCCCC1. The smallest absolute Gasteiger partial charge is 0.245 e. The molecular weight excluding hydrogens is 524 g/mol. The second-order valence-corrected chi connectivity index (χ2v) is 12.9. The number of carbonyl (C=O) groups is 2. The van der Waals surface area contributed by atoms with E-state index >= 15 is 0 Å². The third-order valence-electron chi connectivity index (χ3n) is 8.84. The Morgan fingerprint density at radius 1 is 0.929 bits per heavy atom. The van der Waals surface area contributed by atoms with Gasteiger partial charge in [0, 0.05) is 39.1 Å². The summed E-state index contributed by atoms with van der Waals surface area (Å²) >= 11 is 0. The Labute approximate surface area is 253 Å². The van der Waals surface area contributed by atoms with Crippen molar-refractivity contribution >= 4 is 11.8 Å². The molecule has 1 N–H and O–H groups in total. The molecule has 2 amide bonds. The molecule has 0 radical (unpaired) electrons. The third kappa shape index (κ3) is 9.84. The van der Waals surface area contributed by atoms with Crippen molar-refractivity contribution in [2.75, 3.05) is 46.8 Å². The standard InChI is InChI=1S/C35H52N4O3/c1-27(2)23-33(38(4)25-29-11-7-5-8-12-29)34(40)36-32(35(41)39-21-19-37(3)20-22-39)24-28-15-17-31(18-16-28)42-26-30-13-9-6-10-14-30/h6,9-10,13-18,27,29,32-33H,5,7-8,11-12,19-26H2,1-4H3,(H,36,40)/t32-,33-/m0/s1. The van der Waals surface area contributed by atoms with E-state index < -0.39 is 6.04 Å². The minimum atomic E-state index is -0.602. The molecule has 0 unspecified atom stereocenters. The van der Waals surface area contributed by atoms with Crippen molar-refractivity contribution in [3.05, 3.63) is 65.7 Å². The van der Waals surface area contributed by atoms with Crippen molar-refractivity contribution in [2.24, 2.45) is 11.8 Å². The van der Waals surface area contributed by atoms with Crippen LogP contribution in [0.15, 0.2) is 54.6 Å². The van der Waals surface area contributed by atoms with Gasteiger partial charge in [0.05, 0.1) is 6.04 Å². The van der Waals surface area contributed by atoms with Gasteiger partial charge in [-0.1, -0.05) is 75.6 Å². The molecule has 0 aromatic heterocycles. The number of benzene rings is 2. The molecular formula is C35H52N4O3. The summed E-state index contributed by atoms with van der Waals surface area (Å²) in [6, 6.07) is 17.2. The molecule has 2 aromatic rings. The summed E-state index contributed by atoms with van der Waals surface area (Å²) in [5, 5.41) is 3.24. The normalized spacial score (nSPS) is 18.2. The van der Waals surface area contributed by atoms with Gasteiger partial charge in [-0.05, 0) is 68.5 Å². The summed E-state index contributed by atoms with van der Waals surface area (Å²) in [4.78, 5) is 34.2. The van der Waals surface area contributed by atoms with Gasteiger partial charge in [-0.25, -0.2) is 0 Å². The molecule has 7 heteroatoms. The van der Waals surface area contributed by atoms with E-state index in [1.807, 2.05) is 59.5 Å². The Kier molecular flexibility index (Phi) is 12.3. The molecule has 1 heterocycles. The minimum absolute atomic E-state index is 0.0130. The summed E-state index contributed by atoms with van der Waals surface area (Å²) < 4.78 is 5.97. The molecule has 230 valence electrons. The van der Waals surface area contributed by atoms with E-state index in [-0.39, 0.29) is 17.9 Å². The molecule has 0 bridgehead atoms. The largest absolute Gasteiger partial charge is 0.489 e. The molecule has 0 spiro atoms. The van der Waals surface area contributed by atoms with Crippen LogP contribution < -0.4 is 10.1 Å². The predicted molar refractivity (Wildman–Crippen MR) is 169 cm³/mol. The highest BCUT2D eigenvalue weighted by Crippen LogP contribution is 2.25. The maximum atomic E-state index is 13.9. The third-order valence-corrected chi connectivity index (χ3v) is 8.84. The number of amides is 2. The lowest BCUT2D eigenvalue weighted by Crippen LogP contribution is -2.57. The van der Waals surface area contributed by atoms with Crippen molar-refractivity contribution in [1.82, 2.24) is 20.0 Å². The van der Waals surface area contributed by atoms with Gasteiger partial charge in [0.2, 0.25) is 11.8 Å². The lowest BCUT2D eigenvalue weighted by atomic mass is 9.88. The molecule has 7 nitrogen and oxygen atoms in total. The Morgan fingerprint density at radius 3 is 2.24 bits per heavy atom. The summed E-state index contributed by atoms with van der Waals surface area (Å²) in [6.45, 7) is 8.85. The lowest BCUT2D eigenvalue weighted by molar-refractivity contribution is -0.139. The molecule has 1 aliphatic carbocycles. The van der Waals surface area contributed by atoms with E-state index in [9.17, 15) is 9.59 Å². The highest BCUT2D eigenvalue weighted by Gasteiger charge is 2.33. The van der Waals surface area contributed by atoms with Crippen LogP contribution in [-0.2, 0) is 22.6 Å². The van der Waals surface area contributed by atoms with Gasteiger partial charge in [-0.2, -0.15) is 0 Å². The van der Waals surface area contributed by atoms with Gasteiger partial charge in [0.15, 0.2) is 0 Å². The number of nitrogens with one attached hydrogen (secondary N) is 1. The first-order valence-corrected chi connectivity index (χ1v) is 16.0. The minimum Gasteiger partial charge on any atom is -0.489 e. The van der Waals surface area contributed by atoms with Crippen molar-refractivity contribution in [1.29, 1.82) is 0 Å². The van der Waals surface area contributed by atoms with Crippen LogP contribution in [0.25, 0.3) is 0 Å². The maximum absolute atomic E-state index is 13.9. The van der Waals surface area contributed by atoms with Crippen LogP contribution >= 0.6 is 0 Å². The van der Waals surface area contributed by atoms with Crippen LogP contribution in [0.4, 0.5) is 0 Å². The van der Waals surface area contributed by atoms with E-state index in [0.717, 1.165) is 42.9 Å². The Balaban J connectivity index is 1.45. The highest BCUT2D eigenvalue weighted by atomic mass is 16.5. The lowest BCUT2D eigenvalue weighted by Gasteiger charge is -2.36. The highest BCUT2D eigenvalue weighted by molar-refractivity contribution is 5.90. The molecule has 4 rings (SSSR count). The first-order valence-electron chi connectivity index (χ1n) is 16.0. The van der Waals surface area contributed by atoms with Crippen LogP contribution in [0, 0.1) is 11.8 Å². The average Bonchev–Trinajstić information content (AvgIpc) is 3.00. The fourth-order valence-electron chi connectivity index (χ4n) is 6.25. The zero-order valence-electron chi connectivity index (χ0n) is 26.3. The number of hydrogen-bond acceptors (Lipinski definition) is 5. The Hall–Kier alpha value is -2.90. The molecule has 2 aliphatic rings. The average molecular weight is 577 g/mol. The molecule has 1 saturated heterocycles. The predicted octanol–water partition coefficient (Wildman–Crippen LogP) is 4.99. The maximum Gasteiger partial charge on any atom is 0.245 e. The molecule has 42 heavy (non-hydrogen) atoms. The second kappa shape index (κ2) is 16.1. The van der Waals surface area contributed by atoms with E-state index in [1.165, 1.54) is 32.1 Å². The summed E-state index contributed by atoms with van der Waals surface area (Å²) in [5.74, 6) is 1.80. The van der Waals surface area contributed by atoms with Crippen molar-refractivity contribution in [3.63, 3.8) is 0 Å². The van der Waals surface area contributed by atoms with Crippen LogP contribution in [0.2, 0.25) is 0 Å². The summed E-state index contributed by atoms with van der Waals surface area (Å²) in [7, 11) is 4.17. The van der Waals surface area contributed by atoms with Crippen LogP contribution in [0.3, 0.4) is 0 Å². The van der Waals surface area contributed by atoms with Crippen molar-refractivity contribution in [2.45, 2.75) is 77.5 Å². The van der Waals surface area contributed by atoms with Gasteiger partial charge in [0.1, 0.15) is 18.4 Å². The monoisotopic (exact) mass is 576 g/mol. The number of likely N-dealkylation sites (N-methyl/N-ethyl adjacent to an activating group) is 2. The quantitative estimate of drug-likeness (QED) is 0.364. The number of rotatable bonds is 13. The first-order chi connectivity index (χ1) is 20.3. The zero-order chi connectivity index (χ0) is 29.9. The Morgan fingerprint density at radius 2 is 1.60 bits per heavy atom. The molecule has 2 fully saturated rings. The Bertz CT molecular complexity index is 1090. The molecule has 2 atom stereocenters. The van der Waals surface area contributed by atoms with E-state index in [4.69, 9.17) is 4.74 Å². The van der Waals surface area contributed by atoms with Gasteiger partial charge in [-0.3, -0.25) is 14.5 Å². The first kappa shape index (κ1) is 32.0. The molecule has 1 saturated carbocycles. The topological polar surface area (TPSA) is 65.1 Å². The van der Waals surface area contributed by atoms with Crippen LogP contribution in [0.1, 0.15) is 63.5 Å². The van der Waals surface area contributed by atoms with Gasteiger partial charge in [-0.15, -0.1) is 0 Å². The van der Waals surface area contributed by atoms with Crippen molar-refractivity contribution in [3.8, 4) is 5.75 Å². The zero-order valence-corrected chi connectivity index (χ0v) is 26.3. The van der Waals surface area contributed by atoms with Crippen LogP contribution in [-0.4, -0.2) is 85.4 Å². The molecule has 1 aliphatic heterocycles. The number of piperazine rings is 1. The fraction of sp³-hybridized carbons (Fsp3) is 0.600. The number of carbonyl (C=O) groups excluding carboxylic acids is 2. The van der Waals surface area contributed by atoms with Gasteiger partial charge in [0.25, 0.3) is 0 Å². The molecule has 2 aromatic carbocycles. The number of nitrogens with zero attached hydrogens (tertiary/aromatic N) is 3. The number of ether oxygens (including phenoxy) is 1. The van der Waals surface area contributed by atoms with Crippen LogP contribution in [0.5, 0.6) is 5.75 Å². The second-order valence-electron chi connectivity index (χ2n) is 12.9. The summed E-state index contributed by atoms with van der Waals surface area (Å²) in [5.41, 5.74) is 2.12. The van der Waals surface area contributed by atoms with E-state index in [2.05, 4.69) is 43.1 Å². The van der Waals surface area contributed by atoms with E-state index in [1.54, 1.807) is 0 Å². The fourth-order valence-corrected chi connectivity index (χ4v) is 6.25. The van der Waals surface area contributed by atoms with E-state index in [0.29, 0.717) is 38.0 Å². The van der Waals surface area contributed by atoms with Gasteiger partial charge < -0.3 is 19.9 Å². The van der Waals surface area contributed by atoms with Gasteiger partial charge >= 0.3 is 0 Å². The van der Waals surface area contributed by atoms with Crippen molar-refractivity contribution < 1.29 is 14.3 Å².